The molecule has 9 aromatic carbocycles. The fraction of sp³-hybridized carbons (Fsp3) is 0. The summed E-state index contributed by atoms with van der Waals surface area (Å²) in [7, 11) is 0. The molecule has 0 radical (unpaired) electrons. The first-order valence-corrected chi connectivity index (χ1v) is 22.3. The molecular formula is C60H36N6. The minimum atomic E-state index is 0.512. The van der Waals surface area contributed by atoms with Gasteiger partial charge in [-0.05, 0) is 60.7 Å². The van der Waals surface area contributed by atoms with Crippen LogP contribution in [0.2, 0.25) is 0 Å². The van der Waals surface area contributed by atoms with Crippen molar-refractivity contribution in [2.45, 2.75) is 0 Å². The van der Waals surface area contributed by atoms with E-state index in [1.165, 1.54) is 0 Å². The summed E-state index contributed by atoms with van der Waals surface area (Å²) in [6, 6.07) is 78.2. The molecule has 6 heteroatoms. The second-order valence-electron chi connectivity index (χ2n) is 17.0. The molecule has 14 aromatic rings. The van der Waals surface area contributed by atoms with Crippen molar-refractivity contribution in [3.63, 3.8) is 0 Å². The highest BCUT2D eigenvalue weighted by Crippen LogP contribution is 2.51. The van der Waals surface area contributed by atoms with E-state index in [0.717, 1.165) is 116 Å². The van der Waals surface area contributed by atoms with Gasteiger partial charge < -0.3 is 18.3 Å². The number of hydrogen-bond acceptors (Lipinski definition) is 2. The van der Waals surface area contributed by atoms with Crippen molar-refractivity contribution in [2.24, 2.45) is 0 Å². The molecule has 0 bridgehead atoms. The molecule has 306 valence electrons. The average molecular weight is 841 g/mol. The van der Waals surface area contributed by atoms with Gasteiger partial charge in [0.1, 0.15) is 6.07 Å². The molecule has 0 unspecified atom stereocenters. The Labute approximate surface area is 378 Å². The lowest BCUT2D eigenvalue weighted by molar-refractivity contribution is 1.02. The number of fused-ring (bicyclic) bond motifs is 12. The van der Waals surface area contributed by atoms with Crippen molar-refractivity contribution >= 4 is 87.2 Å². The summed E-state index contributed by atoms with van der Waals surface area (Å²) in [6.07, 6.45) is 1.84. The van der Waals surface area contributed by atoms with Crippen LogP contribution in [0.15, 0.2) is 219 Å². The maximum absolute atomic E-state index is 12.3. The highest BCUT2D eigenvalue weighted by Gasteiger charge is 2.35. The smallest absolute Gasteiger partial charge is 0.102 e. The molecule has 0 aliphatic heterocycles. The Morgan fingerprint density at radius 3 is 0.833 bits per heavy atom. The van der Waals surface area contributed by atoms with E-state index in [0.29, 0.717) is 11.3 Å². The maximum Gasteiger partial charge on any atom is 0.102 e. The van der Waals surface area contributed by atoms with Crippen molar-refractivity contribution in [1.29, 1.82) is 5.26 Å². The lowest BCUT2D eigenvalue weighted by Gasteiger charge is -2.29. The van der Waals surface area contributed by atoms with Crippen LogP contribution in [0.25, 0.3) is 121 Å². The zero-order valence-corrected chi connectivity index (χ0v) is 35.5. The number of nitrogens with zero attached hydrogens (tertiary/aromatic N) is 6. The number of para-hydroxylation sites is 8. The van der Waals surface area contributed by atoms with Gasteiger partial charge in [-0.1, -0.05) is 152 Å². The molecule has 0 N–H and O–H groups in total. The molecule has 0 aliphatic rings. The third-order valence-electron chi connectivity index (χ3n) is 13.6. The Morgan fingerprint density at radius 2 is 0.545 bits per heavy atom. The lowest BCUT2D eigenvalue weighted by atomic mass is 9.95. The Morgan fingerprint density at radius 1 is 0.288 bits per heavy atom. The number of hydrogen-bond donors (Lipinski definition) is 0. The van der Waals surface area contributed by atoms with Crippen molar-refractivity contribution in [3.05, 3.63) is 224 Å². The first-order chi connectivity index (χ1) is 32.8. The number of aromatic nitrogens is 5. The average Bonchev–Trinajstić information content (AvgIpc) is 4.11. The number of benzene rings is 9. The molecule has 0 saturated heterocycles. The molecule has 5 heterocycles. The van der Waals surface area contributed by atoms with E-state index >= 15 is 0 Å². The van der Waals surface area contributed by atoms with E-state index in [4.69, 9.17) is 4.98 Å². The van der Waals surface area contributed by atoms with Gasteiger partial charge in [0.25, 0.3) is 0 Å². The van der Waals surface area contributed by atoms with Gasteiger partial charge in [-0.25, -0.2) is 0 Å². The largest absolute Gasteiger partial charge is 0.306 e. The Balaban J connectivity index is 1.38. The molecule has 0 atom stereocenters. The Kier molecular flexibility index (Phi) is 7.65. The Bertz CT molecular complexity index is 4150. The van der Waals surface area contributed by atoms with Crippen LogP contribution in [0.1, 0.15) is 5.56 Å². The summed E-state index contributed by atoms with van der Waals surface area (Å²) in [4.78, 5) is 5.18. The fourth-order valence-electron chi connectivity index (χ4n) is 11.1. The molecular weight excluding hydrogens is 805 g/mol. The van der Waals surface area contributed by atoms with Crippen LogP contribution in [0.4, 0.5) is 0 Å². The maximum atomic E-state index is 12.3. The second-order valence-corrected chi connectivity index (χ2v) is 17.0. The van der Waals surface area contributed by atoms with Crippen molar-refractivity contribution in [3.8, 4) is 40.1 Å². The standard InChI is InChI=1S/C60H36N6/c61-37-46-56(47-27-17-18-36-62-47)58(64-50-30-11-3-21-40(50)41-22-4-12-31-51(41)64)60(66-54-34-15-7-25-44(54)45-26-8-16-35-55(45)66)59(65-52-32-13-5-23-42(52)43-24-6-14-33-53(43)65)57(46)63-48-28-9-1-19-38(48)39-20-2-10-29-49(39)63/h1-36H. The van der Waals surface area contributed by atoms with Crippen molar-refractivity contribution in [2.75, 3.05) is 0 Å². The van der Waals surface area contributed by atoms with Crippen molar-refractivity contribution < 1.29 is 0 Å². The van der Waals surface area contributed by atoms with Gasteiger partial charge in [0.05, 0.1) is 78.1 Å². The molecule has 5 aromatic heterocycles. The SMILES string of the molecule is N#Cc1c(-c2ccccn2)c(-n2c3ccccc3c3ccccc32)c(-n2c3ccccc3c3ccccc32)c(-n2c3ccccc3c3ccccc32)c1-n1c2ccccc2c2ccccc21. The van der Waals surface area contributed by atoms with Gasteiger partial charge in [0, 0.05) is 54.9 Å². The first-order valence-electron chi connectivity index (χ1n) is 22.3. The summed E-state index contributed by atoms with van der Waals surface area (Å²) in [6.45, 7) is 0. The van der Waals surface area contributed by atoms with Crippen LogP contribution in [0.5, 0.6) is 0 Å². The molecule has 0 spiro atoms. The molecule has 0 fully saturated rings. The third kappa shape index (κ3) is 4.86. The normalized spacial score (nSPS) is 11.9. The summed E-state index contributed by atoms with van der Waals surface area (Å²) < 4.78 is 9.65. The van der Waals surface area contributed by atoms with E-state index in [2.05, 4.69) is 225 Å². The van der Waals surface area contributed by atoms with Gasteiger partial charge in [-0.2, -0.15) is 5.26 Å². The number of rotatable bonds is 5. The summed E-state index contributed by atoms with van der Waals surface area (Å²) in [5, 5.41) is 21.3. The summed E-state index contributed by atoms with van der Waals surface area (Å²) in [5.41, 5.74) is 13.6. The number of pyridine rings is 1. The minimum Gasteiger partial charge on any atom is -0.306 e. The molecule has 0 aliphatic carbocycles. The molecule has 0 amide bonds. The zero-order chi connectivity index (χ0) is 43.5. The van der Waals surface area contributed by atoms with E-state index in [1.54, 1.807) is 0 Å². The second kappa shape index (κ2) is 13.9. The Hall–Kier alpha value is -9.18. The molecule has 6 nitrogen and oxygen atoms in total. The summed E-state index contributed by atoms with van der Waals surface area (Å²) in [5.74, 6) is 0. The predicted octanol–water partition coefficient (Wildman–Crippen LogP) is 15.0. The summed E-state index contributed by atoms with van der Waals surface area (Å²) >= 11 is 0. The quantitative estimate of drug-likeness (QED) is 0.173. The van der Waals surface area contributed by atoms with Gasteiger partial charge in [-0.15, -0.1) is 0 Å². The van der Waals surface area contributed by atoms with E-state index in [-0.39, 0.29) is 0 Å². The van der Waals surface area contributed by atoms with Crippen LogP contribution in [0.3, 0.4) is 0 Å². The van der Waals surface area contributed by atoms with E-state index in [1.807, 2.05) is 18.3 Å². The molecule has 66 heavy (non-hydrogen) atoms. The predicted molar refractivity (Wildman–Crippen MR) is 272 cm³/mol. The van der Waals surface area contributed by atoms with Gasteiger partial charge in [-0.3, -0.25) is 4.98 Å². The van der Waals surface area contributed by atoms with Crippen LogP contribution < -0.4 is 0 Å². The van der Waals surface area contributed by atoms with Gasteiger partial charge >= 0.3 is 0 Å². The molecule has 14 rings (SSSR count). The van der Waals surface area contributed by atoms with Crippen molar-refractivity contribution in [1.82, 2.24) is 23.3 Å². The number of nitriles is 1. The van der Waals surface area contributed by atoms with Crippen LogP contribution >= 0.6 is 0 Å². The monoisotopic (exact) mass is 840 g/mol. The highest BCUT2D eigenvalue weighted by molar-refractivity contribution is 6.17. The molecule has 0 saturated carbocycles. The topological polar surface area (TPSA) is 56.4 Å². The lowest BCUT2D eigenvalue weighted by Crippen LogP contribution is -2.17. The van der Waals surface area contributed by atoms with E-state index < -0.39 is 0 Å². The van der Waals surface area contributed by atoms with Crippen LogP contribution in [-0.4, -0.2) is 23.3 Å². The minimum absolute atomic E-state index is 0.512. The fourth-order valence-corrected chi connectivity index (χ4v) is 11.1. The third-order valence-corrected chi connectivity index (χ3v) is 13.6. The van der Waals surface area contributed by atoms with Crippen LogP contribution in [-0.2, 0) is 0 Å². The van der Waals surface area contributed by atoms with E-state index in [9.17, 15) is 5.26 Å². The van der Waals surface area contributed by atoms with Gasteiger partial charge in [0.2, 0.25) is 0 Å². The van der Waals surface area contributed by atoms with Gasteiger partial charge in [0.15, 0.2) is 0 Å². The van der Waals surface area contributed by atoms with Crippen LogP contribution in [0, 0.1) is 11.3 Å². The zero-order valence-electron chi connectivity index (χ0n) is 35.5. The first kappa shape index (κ1) is 36.3. The highest BCUT2D eigenvalue weighted by atomic mass is 15.1.